The number of aliphatic hydroxyl groups is 1. The molecule has 1 fully saturated rings. The van der Waals surface area contributed by atoms with Gasteiger partial charge in [0.25, 0.3) is 5.91 Å². The summed E-state index contributed by atoms with van der Waals surface area (Å²) in [5, 5.41) is 8.82. The fourth-order valence-electron chi connectivity index (χ4n) is 1.91. The summed E-state index contributed by atoms with van der Waals surface area (Å²) in [4.78, 5) is 13.6. The number of aliphatic hydroxyl groups excluding tert-OH is 1. The molecule has 0 atom stereocenters. The van der Waals surface area contributed by atoms with E-state index in [0.29, 0.717) is 5.56 Å². The van der Waals surface area contributed by atoms with Gasteiger partial charge in [-0.1, -0.05) is 6.07 Å². The Kier molecular flexibility index (Phi) is 3.19. The number of carbonyl (C=O) groups excluding carboxylic acids is 1. The molecule has 0 radical (unpaired) electrons. The Morgan fingerprint density at radius 1 is 1.38 bits per heavy atom. The van der Waals surface area contributed by atoms with E-state index >= 15 is 0 Å². The number of likely N-dealkylation sites (tertiary alicyclic amines) is 1. The van der Waals surface area contributed by atoms with Gasteiger partial charge >= 0.3 is 0 Å². The molecule has 16 heavy (non-hydrogen) atoms. The highest BCUT2D eigenvalue weighted by atomic mass is 19.1. The minimum atomic E-state index is -0.521. The Bertz CT molecular complexity index is 400. The van der Waals surface area contributed by atoms with Crippen LogP contribution < -0.4 is 0 Å². The maximum Gasteiger partial charge on any atom is 0.253 e. The minimum absolute atomic E-state index is 0.124. The van der Waals surface area contributed by atoms with Gasteiger partial charge in [0.15, 0.2) is 0 Å². The molecule has 3 nitrogen and oxygen atoms in total. The lowest BCUT2D eigenvalue weighted by Crippen LogP contribution is -2.27. The standard InChI is InChI=1S/C12H14FNO2/c13-11-7-9(3-4-10(11)8-15)12(16)14-5-1-2-6-14/h3-4,7,15H,1-2,5-6,8H2. The summed E-state index contributed by atoms with van der Waals surface area (Å²) in [6, 6.07) is 4.22. The zero-order valence-electron chi connectivity index (χ0n) is 8.95. The third kappa shape index (κ3) is 2.07. The molecule has 0 unspecified atom stereocenters. The summed E-state index contributed by atoms with van der Waals surface area (Å²) in [6.07, 6.45) is 2.03. The van der Waals surface area contributed by atoms with Crippen molar-refractivity contribution in [1.29, 1.82) is 0 Å². The van der Waals surface area contributed by atoms with Gasteiger partial charge in [-0.05, 0) is 25.0 Å². The van der Waals surface area contributed by atoms with E-state index in [1.165, 1.54) is 12.1 Å². The van der Waals surface area contributed by atoms with E-state index in [4.69, 9.17) is 5.11 Å². The maximum absolute atomic E-state index is 13.4. The third-order valence-corrected chi connectivity index (χ3v) is 2.86. The average Bonchev–Trinajstić information content (AvgIpc) is 2.81. The molecule has 1 N–H and O–H groups in total. The van der Waals surface area contributed by atoms with Crippen LogP contribution in [0.5, 0.6) is 0 Å². The molecular formula is C12H14FNO2. The van der Waals surface area contributed by atoms with Crippen LogP contribution in [0.4, 0.5) is 4.39 Å². The quantitative estimate of drug-likeness (QED) is 0.826. The van der Waals surface area contributed by atoms with E-state index in [0.717, 1.165) is 25.9 Å². The van der Waals surface area contributed by atoms with Crippen molar-refractivity contribution in [3.05, 3.63) is 35.1 Å². The van der Waals surface area contributed by atoms with Gasteiger partial charge in [-0.3, -0.25) is 4.79 Å². The first-order valence-corrected chi connectivity index (χ1v) is 5.41. The Morgan fingerprint density at radius 2 is 2.06 bits per heavy atom. The molecule has 0 saturated carbocycles. The Balaban J connectivity index is 2.20. The lowest BCUT2D eigenvalue weighted by Gasteiger charge is -2.15. The molecule has 1 aromatic carbocycles. The molecule has 1 saturated heterocycles. The molecule has 1 amide bonds. The van der Waals surface area contributed by atoms with Crippen LogP contribution in [0.2, 0.25) is 0 Å². The van der Waals surface area contributed by atoms with Crippen LogP contribution in [0.25, 0.3) is 0 Å². The first-order chi connectivity index (χ1) is 7.72. The molecule has 0 bridgehead atoms. The zero-order valence-corrected chi connectivity index (χ0v) is 8.95. The van der Waals surface area contributed by atoms with Crippen molar-refractivity contribution in [3.63, 3.8) is 0 Å². The maximum atomic E-state index is 13.4. The first-order valence-electron chi connectivity index (χ1n) is 5.41. The van der Waals surface area contributed by atoms with E-state index < -0.39 is 5.82 Å². The lowest BCUT2D eigenvalue weighted by atomic mass is 10.1. The number of amides is 1. The van der Waals surface area contributed by atoms with Crippen molar-refractivity contribution >= 4 is 5.91 Å². The van der Waals surface area contributed by atoms with Crippen LogP contribution in [0.15, 0.2) is 18.2 Å². The van der Waals surface area contributed by atoms with Crippen molar-refractivity contribution < 1.29 is 14.3 Å². The fourth-order valence-corrected chi connectivity index (χ4v) is 1.91. The van der Waals surface area contributed by atoms with E-state index in [9.17, 15) is 9.18 Å². The van der Waals surface area contributed by atoms with Gasteiger partial charge in [-0.2, -0.15) is 0 Å². The molecule has 0 aliphatic carbocycles. The summed E-state index contributed by atoms with van der Waals surface area (Å²) in [5.74, 6) is -0.645. The molecule has 86 valence electrons. The highest BCUT2D eigenvalue weighted by molar-refractivity contribution is 5.94. The highest BCUT2D eigenvalue weighted by Crippen LogP contribution is 2.15. The van der Waals surface area contributed by atoms with Gasteiger partial charge in [-0.15, -0.1) is 0 Å². The molecule has 0 spiro atoms. The number of benzene rings is 1. The SMILES string of the molecule is O=C(c1ccc(CO)c(F)c1)N1CCCC1. The van der Waals surface area contributed by atoms with Crippen LogP contribution >= 0.6 is 0 Å². The molecule has 1 aliphatic heterocycles. The van der Waals surface area contributed by atoms with E-state index in [2.05, 4.69) is 0 Å². The van der Waals surface area contributed by atoms with Crippen LogP contribution in [-0.4, -0.2) is 29.0 Å². The minimum Gasteiger partial charge on any atom is -0.392 e. The molecule has 1 aromatic rings. The Labute approximate surface area is 93.5 Å². The van der Waals surface area contributed by atoms with Crippen molar-refractivity contribution in [2.45, 2.75) is 19.4 Å². The normalized spacial score (nSPS) is 15.5. The summed E-state index contributed by atoms with van der Waals surface area (Å²) in [7, 11) is 0. The fraction of sp³-hybridized carbons (Fsp3) is 0.417. The lowest BCUT2D eigenvalue weighted by molar-refractivity contribution is 0.0792. The summed E-state index contributed by atoms with van der Waals surface area (Å²) in [5.41, 5.74) is 0.578. The van der Waals surface area contributed by atoms with Gasteiger partial charge in [0, 0.05) is 24.2 Å². The molecule has 2 rings (SSSR count). The first kappa shape index (κ1) is 11.1. The second kappa shape index (κ2) is 4.61. The predicted molar refractivity (Wildman–Crippen MR) is 57.5 cm³/mol. The van der Waals surface area contributed by atoms with Crippen molar-refractivity contribution in [2.75, 3.05) is 13.1 Å². The van der Waals surface area contributed by atoms with E-state index in [-0.39, 0.29) is 18.1 Å². The van der Waals surface area contributed by atoms with E-state index in [1.54, 1.807) is 11.0 Å². The molecule has 1 aliphatic rings. The topological polar surface area (TPSA) is 40.5 Å². The largest absolute Gasteiger partial charge is 0.392 e. The van der Waals surface area contributed by atoms with E-state index in [1.807, 2.05) is 0 Å². The molecule has 4 heteroatoms. The monoisotopic (exact) mass is 223 g/mol. The second-order valence-corrected chi connectivity index (χ2v) is 3.96. The average molecular weight is 223 g/mol. The Hall–Kier alpha value is -1.42. The van der Waals surface area contributed by atoms with Crippen molar-refractivity contribution in [1.82, 2.24) is 4.90 Å². The Morgan fingerprint density at radius 3 is 2.62 bits per heavy atom. The number of halogens is 1. The van der Waals surface area contributed by atoms with Gasteiger partial charge < -0.3 is 10.0 Å². The smallest absolute Gasteiger partial charge is 0.253 e. The third-order valence-electron chi connectivity index (χ3n) is 2.86. The number of rotatable bonds is 2. The second-order valence-electron chi connectivity index (χ2n) is 3.96. The summed E-state index contributed by atoms with van der Waals surface area (Å²) < 4.78 is 13.4. The predicted octanol–water partition coefficient (Wildman–Crippen LogP) is 1.55. The number of hydrogen-bond acceptors (Lipinski definition) is 2. The zero-order chi connectivity index (χ0) is 11.5. The highest BCUT2D eigenvalue weighted by Gasteiger charge is 2.20. The molecular weight excluding hydrogens is 209 g/mol. The van der Waals surface area contributed by atoms with Crippen LogP contribution in [0.3, 0.4) is 0 Å². The molecule has 0 aromatic heterocycles. The van der Waals surface area contributed by atoms with Crippen molar-refractivity contribution in [2.24, 2.45) is 0 Å². The van der Waals surface area contributed by atoms with Crippen molar-refractivity contribution in [3.8, 4) is 0 Å². The van der Waals surface area contributed by atoms with Crippen LogP contribution in [-0.2, 0) is 6.61 Å². The van der Waals surface area contributed by atoms with Gasteiger partial charge in [-0.25, -0.2) is 4.39 Å². The number of nitrogens with zero attached hydrogens (tertiary/aromatic N) is 1. The number of hydrogen-bond donors (Lipinski definition) is 1. The van der Waals surface area contributed by atoms with Crippen LogP contribution in [0.1, 0.15) is 28.8 Å². The van der Waals surface area contributed by atoms with Gasteiger partial charge in [0.05, 0.1) is 6.61 Å². The summed E-state index contributed by atoms with van der Waals surface area (Å²) in [6.45, 7) is 1.16. The summed E-state index contributed by atoms with van der Waals surface area (Å²) >= 11 is 0. The molecule has 1 heterocycles. The van der Waals surface area contributed by atoms with Gasteiger partial charge in [0.2, 0.25) is 0 Å². The van der Waals surface area contributed by atoms with Crippen LogP contribution in [0, 0.1) is 5.82 Å². The number of carbonyl (C=O) groups is 1. The van der Waals surface area contributed by atoms with Gasteiger partial charge in [0.1, 0.15) is 5.82 Å².